The molecule has 2 amide bonds. The number of hydrogen-bond acceptors (Lipinski definition) is 6. The number of nitrogens with one attached hydrogen (secondary N) is 2. The van der Waals surface area contributed by atoms with E-state index in [-0.39, 0.29) is 13.2 Å². The maximum absolute atomic E-state index is 12.9. The number of aliphatic hydroxyl groups excluding tert-OH is 1. The number of ether oxygens (including phenoxy) is 2. The Morgan fingerprint density at radius 3 is 2.61 bits per heavy atom. The van der Waals surface area contributed by atoms with E-state index in [1.807, 2.05) is 36.4 Å². The lowest BCUT2D eigenvalue weighted by Crippen LogP contribution is -2.22. The third-order valence-electron chi connectivity index (χ3n) is 4.95. The second kappa shape index (κ2) is 11.7. The second-order valence-corrected chi connectivity index (χ2v) is 7.32. The van der Waals surface area contributed by atoms with E-state index in [0.29, 0.717) is 17.0 Å². The van der Waals surface area contributed by atoms with Gasteiger partial charge in [0.15, 0.2) is 0 Å². The summed E-state index contributed by atoms with van der Waals surface area (Å²) in [5.74, 6) is -0.608. The summed E-state index contributed by atoms with van der Waals surface area (Å²) in [6, 6.07) is 20.2. The number of anilines is 1. The van der Waals surface area contributed by atoms with Gasteiger partial charge in [0.2, 0.25) is 0 Å². The average molecular weight is 450 g/mol. The van der Waals surface area contributed by atoms with Crippen molar-refractivity contribution in [1.82, 2.24) is 5.48 Å². The zero-order chi connectivity index (χ0) is 23.6. The van der Waals surface area contributed by atoms with Crippen molar-refractivity contribution in [1.29, 1.82) is 0 Å². The number of benzene rings is 3. The normalized spacial score (nSPS) is 12.8. The fraction of sp³-hybridized carbons (Fsp3) is 0.200. The molecule has 8 heteroatoms. The number of amides is 2. The monoisotopic (exact) mass is 450 g/mol. The molecule has 0 aliphatic heterocycles. The number of carbonyl (C=O) groups is 2. The molecule has 172 valence electrons. The van der Waals surface area contributed by atoms with Crippen LogP contribution in [0.15, 0.2) is 78.9 Å². The summed E-state index contributed by atoms with van der Waals surface area (Å²) in [7, 11) is 0. The lowest BCUT2D eigenvalue weighted by atomic mass is 9.96. The average Bonchev–Trinajstić information content (AvgIpc) is 2.84. The van der Waals surface area contributed by atoms with Crippen LogP contribution in [0, 0.1) is 5.92 Å². The highest BCUT2D eigenvalue weighted by Crippen LogP contribution is 2.31. The maximum atomic E-state index is 12.9. The van der Waals surface area contributed by atoms with Crippen molar-refractivity contribution >= 4 is 28.5 Å². The predicted molar refractivity (Wildman–Crippen MR) is 124 cm³/mol. The summed E-state index contributed by atoms with van der Waals surface area (Å²) in [4.78, 5) is 24.3. The topological polar surface area (TPSA) is 117 Å². The molecule has 8 nitrogen and oxygen atoms in total. The third-order valence-corrected chi connectivity index (χ3v) is 4.95. The number of fused-ring (bicyclic) bond motifs is 1. The Balaban J connectivity index is 1.84. The van der Waals surface area contributed by atoms with Crippen LogP contribution in [0.4, 0.5) is 10.5 Å². The van der Waals surface area contributed by atoms with Gasteiger partial charge in [-0.2, -0.15) is 0 Å². The van der Waals surface area contributed by atoms with Gasteiger partial charge >= 0.3 is 6.09 Å². The van der Waals surface area contributed by atoms with Gasteiger partial charge in [0, 0.05) is 17.4 Å². The Hall–Kier alpha value is -3.88. The van der Waals surface area contributed by atoms with Crippen molar-refractivity contribution in [3.05, 3.63) is 84.4 Å². The molecule has 3 rings (SSSR count). The molecule has 0 aromatic heterocycles. The first kappa shape index (κ1) is 23.8. The summed E-state index contributed by atoms with van der Waals surface area (Å²) >= 11 is 0. The fourth-order valence-corrected chi connectivity index (χ4v) is 3.39. The van der Waals surface area contributed by atoms with Crippen LogP contribution < -0.4 is 15.5 Å². The highest BCUT2D eigenvalue weighted by molar-refractivity contribution is 6.00. The molecule has 0 aliphatic carbocycles. The lowest BCUT2D eigenvalue weighted by Gasteiger charge is -2.23. The molecule has 2 atom stereocenters. The van der Waals surface area contributed by atoms with E-state index in [4.69, 9.17) is 19.8 Å². The third kappa shape index (κ3) is 6.55. The Morgan fingerprint density at radius 2 is 1.82 bits per heavy atom. The molecule has 4 N–H and O–H groups in total. The molecule has 0 unspecified atom stereocenters. The van der Waals surface area contributed by atoms with Crippen LogP contribution in [0.2, 0.25) is 0 Å². The Bertz CT molecular complexity index is 1130. The highest BCUT2D eigenvalue weighted by Gasteiger charge is 2.23. The van der Waals surface area contributed by atoms with Crippen molar-refractivity contribution < 1.29 is 29.4 Å². The first-order valence-electron chi connectivity index (χ1n) is 10.4. The van der Waals surface area contributed by atoms with E-state index in [0.717, 1.165) is 16.8 Å². The van der Waals surface area contributed by atoms with Gasteiger partial charge in [-0.15, -0.1) is 0 Å². The van der Waals surface area contributed by atoms with Crippen molar-refractivity contribution in [3.8, 4) is 5.75 Å². The van der Waals surface area contributed by atoms with Crippen molar-refractivity contribution in [3.63, 3.8) is 0 Å². The number of hydrogen-bond donors (Lipinski definition) is 4. The molecule has 3 aromatic carbocycles. The number of aliphatic hydroxyl groups is 1. The van der Waals surface area contributed by atoms with Crippen LogP contribution in [-0.2, 0) is 9.53 Å². The van der Waals surface area contributed by atoms with Gasteiger partial charge in [0.1, 0.15) is 18.5 Å². The minimum absolute atomic E-state index is 0.128. The maximum Gasteiger partial charge on any atom is 0.412 e. The molecule has 0 fully saturated rings. The van der Waals surface area contributed by atoms with Crippen LogP contribution in [-0.4, -0.2) is 35.5 Å². The smallest absolute Gasteiger partial charge is 0.412 e. The molecule has 0 aliphatic rings. The van der Waals surface area contributed by atoms with Gasteiger partial charge in [0.25, 0.3) is 5.91 Å². The van der Waals surface area contributed by atoms with E-state index in [1.165, 1.54) is 11.6 Å². The number of hydroxylamine groups is 1. The summed E-state index contributed by atoms with van der Waals surface area (Å²) in [6.07, 6.45) is 1.27. The first-order chi connectivity index (χ1) is 16.0. The number of rotatable bonds is 9. The lowest BCUT2D eigenvalue weighted by molar-refractivity contribution is -0.124. The van der Waals surface area contributed by atoms with E-state index in [1.54, 1.807) is 37.3 Å². The van der Waals surface area contributed by atoms with Gasteiger partial charge in [-0.05, 0) is 29.1 Å². The van der Waals surface area contributed by atoms with Gasteiger partial charge < -0.3 is 14.6 Å². The second-order valence-electron chi connectivity index (χ2n) is 7.32. The van der Waals surface area contributed by atoms with E-state index in [9.17, 15) is 9.59 Å². The SMILES string of the molecule is C[C@H](/C=C/C(=O)NO)[C@@H](OC(=O)Nc1cccc2ccccc12)c1cccc(OCCO)c1. The molecule has 0 bridgehead atoms. The molecule has 33 heavy (non-hydrogen) atoms. The quantitative estimate of drug-likeness (QED) is 0.221. The minimum atomic E-state index is -0.764. The zero-order valence-corrected chi connectivity index (χ0v) is 18.1. The van der Waals surface area contributed by atoms with Gasteiger partial charge in [0.05, 0.1) is 12.3 Å². The molecule has 3 aromatic rings. The van der Waals surface area contributed by atoms with Crippen LogP contribution in [0.25, 0.3) is 10.8 Å². The summed E-state index contributed by atoms with van der Waals surface area (Å²) < 4.78 is 11.2. The van der Waals surface area contributed by atoms with Crippen LogP contribution in [0.3, 0.4) is 0 Å². The van der Waals surface area contributed by atoms with Crippen LogP contribution >= 0.6 is 0 Å². The molecule has 0 radical (unpaired) electrons. The molecular formula is C25H26N2O6. The van der Waals surface area contributed by atoms with E-state index >= 15 is 0 Å². The van der Waals surface area contributed by atoms with Gasteiger partial charge in [-0.3, -0.25) is 15.3 Å². The summed E-state index contributed by atoms with van der Waals surface area (Å²) in [6.45, 7) is 1.77. The fourth-order valence-electron chi connectivity index (χ4n) is 3.39. The molecule has 0 spiro atoms. The standard InChI is InChI=1S/C25H26N2O6/c1-17(12-13-23(29)27-31)24(19-8-4-9-20(16-19)32-15-14-28)33-25(30)26-22-11-5-7-18-6-2-3-10-21(18)22/h2-13,16-17,24,28,31H,14-15H2,1H3,(H,26,30)(H,27,29)/b13-12+/t17-,24-/m1/s1. The molecule has 0 saturated heterocycles. The first-order valence-corrected chi connectivity index (χ1v) is 10.4. The Kier molecular flexibility index (Phi) is 8.40. The molecule has 0 heterocycles. The largest absolute Gasteiger partial charge is 0.491 e. The van der Waals surface area contributed by atoms with E-state index < -0.39 is 24.0 Å². The molecule has 0 saturated carbocycles. The Labute approximate surface area is 191 Å². The van der Waals surface area contributed by atoms with Crippen molar-refractivity contribution in [2.24, 2.45) is 5.92 Å². The summed E-state index contributed by atoms with van der Waals surface area (Å²) in [5, 5.41) is 22.4. The molecular weight excluding hydrogens is 424 g/mol. The van der Waals surface area contributed by atoms with Crippen molar-refractivity contribution in [2.75, 3.05) is 18.5 Å². The zero-order valence-electron chi connectivity index (χ0n) is 18.1. The van der Waals surface area contributed by atoms with Crippen LogP contribution in [0.5, 0.6) is 5.75 Å². The van der Waals surface area contributed by atoms with E-state index in [2.05, 4.69) is 5.32 Å². The summed E-state index contributed by atoms with van der Waals surface area (Å²) in [5.41, 5.74) is 2.78. The van der Waals surface area contributed by atoms with Gasteiger partial charge in [-0.25, -0.2) is 10.3 Å². The Morgan fingerprint density at radius 1 is 1.06 bits per heavy atom. The van der Waals surface area contributed by atoms with Crippen LogP contribution in [0.1, 0.15) is 18.6 Å². The van der Waals surface area contributed by atoms with Crippen molar-refractivity contribution in [2.45, 2.75) is 13.0 Å². The minimum Gasteiger partial charge on any atom is -0.491 e. The number of carbonyl (C=O) groups excluding carboxylic acids is 2. The van der Waals surface area contributed by atoms with Gasteiger partial charge in [-0.1, -0.05) is 61.5 Å². The highest BCUT2D eigenvalue weighted by atomic mass is 16.6. The predicted octanol–water partition coefficient (Wildman–Crippen LogP) is 4.20.